The van der Waals surface area contributed by atoms with Gasteiger partial charge in [-0.25, -0.2) is 0 Å². The second-order valence-corrected chi connectivity index (χ2v) is 4.64. The van der Waals surface area contributed by atoms with Crippen LogP contribution in [0, 0.1) is 6.92 Å². The minimum absolute atomic E-state index is 0.195. The lowest BCUT2D eigenvalue weighted by Crippen LogP contribution is -2.25. The number of aryl methyl sites for hydroxylation is 1. The largest absolute Gasteiger partial charge is 0.327 e. The molecule has 2 rings (SSSR count). The van der Waals surface area contributed by atoms with E-state index in [0.29, 0.717) is 0 Å². The zero-order chi connectivity index (χ0) is 12.1. The molecule has 0 aliphatic heterocycles. The van der Waals surface area contributed by atoms with Crippen LogP contribution in [0.15, 0.2) is 54.6 Å². The number of rotatable bonds is 4. The van der Waals surface area contributed by atoms with E-state index in [4.69, 9.17) is 5.73 Å². The van der Waals surface area contributed by atoms with Crippen LogP contribution in [0.1, 0.15) is 16.7 Å². The molecule has 0 aromatic heterocycles. The predicted molar refractivity (Wildman–Crippen MR) is 73.0 cm³/mol. The molecule has 2 aromatic rings. The smallest absolute Gasteiger partial charge is 0.0120 e. The van der Waals surface area contributed by atoms with Crippen molar-refractivity contribution >= 4 is 0 Å². The fraction of sp³-hybridized carbons (Fsp3) is 0.250. The van der Waals surface area contributed by atoms with Crippen molar-refractivity contribution in [3.05, 3.63) is 71.3 Å². The summed E-state index contributed by atoms with van der Waals surface area (Å²) < 4.78 is 0. The molecule has 0 radical (unpaired) electrons. The molecule has 1 nitrogen and oxygen atoms in total. The molecule has 1 unspecified atom stereocenters. The van der Waals surface area contributed by atoms with Gasteiger partial charge in [0.1, 0.15) is 0 Å². The molecule has 0 amide bonds. The molecule has 0 fully saturated rings. The fourth-order valence-electron chi connectivity index (χ4n) is 2.02. The van der Waals surface area contributed by atoms with Crippen LogP contribution in [0.3, 0.4) is 0 Å². The van der Waals surface area contributed by atoms with Crippen molar-refractivity contribution in [3.63, 3.8) is 0 Å². The van der Waals surface area contributed by atoms with Gasteiger partial charge in [-0.15, -0.1) is 0 Å². The second kappa shape index (κ2) is 5.65. The summed E-state index contributed by atoms with van der Waals surface area (Å²) in [6, 6.07) is 19.2. The SMILES string of the molecule is Cc1ccc(CC(N)Cc2ccccc2)cc1. The van der Waals surface area contributed by atoms with Gasteiger partial charge in [-0.1, -0.05) is 60.2 Å². The Hall–Kier alpha value is -1.60. The first-order valence-electron chi connectivity index (χ1n) is 6.09. The van der Waals surface area contributed by atoms with Crippen molar-refractivity contribution < 1.29 is 0 Å². The highest BCUT2D eigenvalue weighted by molar-refractivity contribution is 5.23. The summed E-state index contributed by atoms with van der Waals surface area (Å²) in [6.07, 6.45) is 1.88. The summed E-state index contributed by atoms with van der Waals surface area (Å²) in [7, 11) is 0. The maximum absolute atomic E-state index is 6.18. The van der Waals surface area contributed by atoms with Crippen molar-refractivity contribution in [1.29, 1.82) is 0 Å². The third kappa shape index (κ3) is 3.72. The van der Waals surface area contributed by atoms with Crippen molar-refractivity contribution in [2.45, 2.75) is 25.8 Å². The minimum Gasteiger partial charge on any atom is -0.327 e. The first kappa shape index (κ1) is 11.9. The van der Waals surface area contributed by atoms with E-state index in [1.807, 2.05) is 6.07 Å². The molecule has 0 heterocycles. The molecule has 0 aliphatic carbocycles. The molecule has 2 aromatic carbocycles. The number of nitrogens with two attached hydrogens (primary N) is 1. The first-order valence-corrected chi connectivity index (χ1v) is 6.09. The van der Waals surface area contributed by atoms with Crippen molar-refractivity contribution in [1.82, 2.24) is 0 Å². The van der Waals surface area contributed by atoms with E-state index in [2.05, 4.69) is 55.5 Å². The number of hydrogen-bond acceptors (Lipinski definition) is 1. The van der Waals surface area contributed by atoms with Gasteiger partial charge >= 0.3 is 0 Å². The van der Waals surface area contributed by atoms with E-state index in [1.54, 1.807) is 0 Å². The monoisotopic (exact) mass is 225 g/mol. The Morgan fingerprint density at radius 1 is 0.824 bits per heavy atom. The van der Waals surface area contributed by atoms with Gasteiger partial charge in [-0.3, -0.25) is 0 Å². The lowest BCUT2D eigenvalue weighted by atomic mass is 9.99. The quantitative estimate of drug-likeness (QED) is 0.850. The van der Waals surface area contributed by atoms with Crippen LogP contribution < -0.4 is 5.73 Å². The van der Waals surface area contributed by atoms with Gasteiger partial charge in [-0.05, 0) is 30.9 Å². The van der Waals surface area contributed by atoms with Crippen LogP contribution in [0.2, 0.25) is 0 Å². The van der Waals surface area contributed by atoms with E-state index in [-0.39, 0.29) is 6.04 Å². The van der Waals surface area contributed by atoms with Crippen LogP contribution in [0.25, 0.3) is 0 Å². The Morgan fingerprint density at radius 3 is 1.94 bits per heavy atom. The maximum Gasteiger partial charge on any atom is 0.0120 e. The zero-order valence-corrected chi connectivity index (χ0v) is 10.3. The minimum atomic E-state index is 0.195. The van der Waals surface area contributed by atoms with Gasteiger partial charge in [0.25, 0.3) is 0 Å². The summed E-state index contributed by atoms with van der Waals surface area (Å²) in [5.41, 5.74) is 10.1. The summed E-state index contributed by atoms with van der Waals surface area (Å²) >= 11 is 0. The highest BCUT2D eigenvalue weighted by Gasteiger charge is 2.05. The van der Waals surface area contributed by atoms with Crippen molar-refractivity contribution in [2.24, 2.45) is 5.73 Å². The summed E-state index contributed by atoms with van der Waals surface area (Å²) in [6.45, 7) is 2.10. The molecular weight excluding hydrogens is 206 g/mol. The van der Waals surface area contributed by atoms with Gasteiger partial charge in [0.2, 0.25) is 0 Å². The highest BCUT2D eigenvalue weighted by Crippen LogP contribution is 2.09. The second-order valence-electron chi connectivity index (χ2n) is 4.64. The first-order chi connectivity index (χ1) is 8.24. The van der Waals surface area contributed by atoms with Crippen LogP contribution in [-0.4, -0.2) is 6.04 Å². The van der Waals surface area contributed by atoms with E-state index in [9.17, 15) is 0 Å². The van der Waals surface area contributed by atoms with Crippen LogP contribution in [-0.2, 0) is 12.8 Å². The van der Waals surface area contributed by atoms with Gasteiger partial charge in [0.15, 0.2) is 0 Å². The van der Waals surface area contributed by atoms with Crippen LogP contribution in [0.4, 0.5) is 0 Å². The lowest BCUT2D eigenvalue weighted by molar-refractivity contribution is 0.665. The van der Waals surface area contributed by atoms with E-state index >= 15 is 0 Å². The van der Waals surface area contributed by atoms with Crippen molar-refractivity contribution in [2.75, 3.05) is 0 Å². The Bertz CT molecular complexity index is 445. The average Bonchev–Trinajstić information content (AvgIpc) is 2.33. The average molecular weight is 225 g/mol. The third-order valence-corrected chi connectivity index (χ3v) is 2.96. The number of benzene rings is 2. The van der Waals surface area contributed by atoms with E-state index < -0.39 is 0 Å². The molecule has 0 aliphatic rings. The molecular formula is C16H19N. The molecule has 0 bridgehead atoms. The predicted octanol–water partition coefficient (Wildman–Crippen LogP) is 3.11. The summed E-state index contributed by atoms with van der Waals surface area (Å²) in [5.74, 6) is 0. The van der Waals surface area contributed by atoms with Gasteiger partial charge < -0.3 is 5.73 Å². The van der Waals surface area contributed by atoms with Crippen LogP contribution in [0.5, 0.6) is 0 Å². The summed E-state index contributed by atoms with van der Waals surface area (Å²) in [4.78, 5) is 0. The Kier molecular flexibility index (Phi) is 3.94. The Morgan fingerprint density at radius 2 is 1.35 bits per heavy atom. The van der Waals surface area contributed by atoms with Crippen molar-refractivity contribution in [3.8, 4) is 0 Å². The van der Waals surface area contributed by atoms with Crippen LogP contribution >= 0.6 is 0 Å². The molecule has 2 N–H and O–H groups in total. The molecule has 0 saturated carbocycles. The van der Waals surface area contributed by atoms with Gasteiger partial charge in [-0.2, -0.15) is 0 Å². The fourth-order valence-corrected chi connectivity index (χ4v) is 2.02. The highest BCUT2D eigenvalue weighted by atomic mass is 14.6. The summed E-state index contributed by atoms with van der Waals surface area (Å²) in [5, 5.41) is 0. The van der Waals surface area contributed by atoms with E-state index in [1.165, 1.54) is 16.7 Å². The van der Waals surface area contributed by atoms with Gasteiger partial charge in [0.05, 0.1) is 0 Å². The normalized spacial score (nSPS) is 12.4. The molecule has 17 heavy (non-hydrogen) atoms. The maximum atomic E-state index is 6.18. The lowest BCUT2D eigenvalue weighted by Gasteiger charge is -2.11. The zero-order valence-electron chi connectivity index (χ0n) is 10.3. The Labute approximate surface area is 103 Å². The standard InChI is InChI=1S/C16H19N/c1-13-7-9-15(10-8-13)12-16(17)11-14-5-3-2-4-6-14/h2-10,16H,11-12,17H2,1H3. The molecule has 1 atom stereocenters. The Balaban J connectivity index is 1.93. The topological polar surface area (TPSA) is 26.0 Å². The molecule has 1 heteroatoms. The number of hydrogen-bond donors (Lipinski definition) is 1. The molecule has 88 valence electrons. The molecule has 0 saturated heterocycles. The van der Waals surface area contributed by atoms with E-state index in [0.717, 1.165) is 12.8 Å². The third-order valence-electron chi connectivity index (χ3n) is 2.96. The van der Waals surface area contributed by atoms with Gasteiger partial charge in [0, 0.05) is 6.04 Å². The molecule has 0 spiro atoms.